The normalized spacial score (nSPS) is 10.9. The monoisotopic (exact) mass is 401 g/mol. The highest BCUT2D eigenvalue weighted by Crippen LogP contribution is 2.11. The van der Waals surface area contributed by atoms with Crippen LogP contribution in [0.3, 0.4) is 0 Å². The molecule has 3 rings (SSSR count). The number of hydrogen-bond donors (Lipinski definition) is 1. The van der Waals surface area contributed by atoms with Crippen LogP contribution >= 0.6 is 11.6 Å². The van der Waals surface area contributed by atoms with Gasteiger partial charge in [0.05, 0.1) is 24.1 Å². The number of carbonyl (C=O) groups excluding carboxylic acids is 1. The van der Waals surface area contributed by atoms with Crippen LogP contribution in [0.1, 0.15) is 5.56 Å². The van der Waals surface area contributed by atoms with Crippen LogP contribution in [0.2, 0.25) is 5.02 Å². The number of fused-ring (bicyclic) bond motifs is 1. The van der Waals surface area contributed by atoms with E-state index < -0.39 is 11.2 Å². The average Bonchev–Trinajstić information content (AvgIpc) is 2.70. The van der Waals surface area contributed by atoms with Gasteiger partial charge in [-0.15, -0.1) is 0 Å². The molecule has 0 atom stereocenters. The molecule has 1 amide bonds. The van der Waals surface area contributed by atoms with Crippen molar-refractivity contribution in [1.29, 1.82) is 0 Å². The third-order valence-electron chi connectivity index (χ3n) is 4.32. The molecule has 1 N–H and O–H groups in total. The number of methoxy groups -OCH3 is 1. The lowest BCUT2D eigenvalue weighted by Gasteiger charge is -2.14. The van der Waals surface area contributed by atoms with Crippen molar-refractivity contribution in [2.75, 3.05) is 20.3 Å². The number of para-hydroxylation sites is 1. The zero-order valence-electron chi connectivity index (χ0n) is 15.4. The molecule has 1 aromatic heterocycles. The fraction of sp³-hybridized carbons (Fsp3) is 0.250. The van der Waals surface area contributed by atoms with E-state index in [1.807, 2.05) is 0 Å². The quantitative estimate of drug-likeness (QED) is 0.610. The molecule has 28 heavy (non-hydrogen) atoms. The number of aromatic nitrogens is 2. The van der Waals surface area contributed by atoms with Crippen LogP contribution in [0, 0.1) is 0 Å². The Labute approximate surface area is 166 Å². The van der Waals surface area contributed by atoms with E-state index in [2.05, 4.69) is 5.32 Å². The van der Waals surface area contributed by atoms with Gasteiger partial charge in [-0.2, -0.15) is 0 Å². The van der Waals surface area contributed by atoms with Gasteiger partial charge >= 0.3 is 5.69 Å². The maximum Gasteiger partial charge on any atom is 0.332 e. The van der Waals surface area contributed by atoms with Gasteiger partial charge in [0.1, 0.15) is 6.54 Å². The second kappa shape index (κ2) is 8.86. The third kappa shape index (κ3) is 4.32. The highest BCUT2D eigenvalue weighted by molar-refractivity contribution is 6.30. The summed E-state index contributed by atoms with van der Waals surface area (Å²) in [6.45, 7) is 0.610. The fourth-order valence-corrected chi connectivity index (χ4v) is 3.05. The van der Waals surface area contributed by atoms with Gasteiger partial charge in [-0.3, -0.25) is 18.7 Å². The molecule has 0 aliphatic heterocycles. The van der Waals surface area contributed by atoms with E-state index in [9.17, 15) is 14.4 Å². The minimum absolute atomic E-state index is 0.0883. The highest BCUT2D eigenvalue weighted by atomic mass is 35.5. The van der Waals surface area contributed by atoms with E-state index in [0.717, 1.165) is 10.1 Å². The minimum Gasteiger partial charge on any atom is -0.383 e. The molecule has 0 saturated carbocycles. The van der Waals surface area contributed by atoms with E-state index in [4.69, 9.17) is 16.3 Å². The third-order valence-corrected chi connectivity index (χ3v) is 4.57. The van der Waals surface area contributed by atoms with Crippen molar-refractivity contribution >= 4 is 28.4 Å². The van der Waals surface area contributed by atoms with Crippen molar-refractivity contribution in [2.45, 2.75) is 13.1 Å². The number of amides is 1. The summed E-state index contributed by atoms with van der Waals surface area (Å²) in [5.74, 6) is -0.332. The van der Waals surface area contributed by atoms with Crippen molar-refractivity contribution < 1.29 is 9.53 Å². The van der Waals surface area contributed by atoms with E-state index >= 15 is 0 Å². The Kier molecular flexibility index (Phi) is 6.28. The number of nitrogens with zero attached hydrogens (tertiary/aromatic N) is 2. The zero-order valence-corrected chi connectivity index (χ0v) is 16.1. The first-order valence-corrected chi connectivity index (χ1v) is 9.11. The second-order valence-corrected chi connectivity index (χ2v) is 6.68. The Balaban J connectivity index is 2.04. The maximum atomic E-state index is 13.0. The van der Waals surface area contributed by atoms with Gasteiger partial charge < -0.3 is 10.1 Å². The lowest BCUT2D eigenvalue weighted by Crippen LogP contribution is -2.43. The van der Waals surface area contributed by atoms with Crippen LogP contribution in [0.25, 0.3) is 10.9 Å². The largest absolute Gasteiger partial charge is 0.383 e. The van der Waals surface area contributed by atoms with Gasteiger partial charge in [0.25, 0.3) is 5.56 Å². The summed E-state index contributed by atoms with van der Waals surface area (Å²) in [5, 5.41) is 3.63. The lowest BCUT2D eigenvalue weighted by atomic mass is 10.2. The maximum absolute atomic E-state index is 13.0. The molecule has 7 nitrogen and oxygen atoms in total. The first kappa shape index (κ1) is 19.9. The van der Waals surface area contributed by atoms with E-state index in [1.54, 1.807) is 48.5 Å². The Morgan fingerprint density at radius 1 is 1.07 bits per heavy atom. The van der Waals surface area contributed by atoms with Crippen LogP contribution in [0.15, 0.2) is 58.1 Å². The van der Waals surface area contributed by atoms with Crippen LogP contribution < -0.4 is 16.6 Å². The Morgan fingerprint density at radius 2 is 1.79 bits per heavy atom. The lowest BCUT2D eigenvalue weighted by molar-refractivity contribution is -0.121. The van der Waals surface area contributed by atoms with Crippen LogP contribution in [0.5, 0.6) is 0 Å². The minimum atomic E-state index is -0.541. The number of benzene rings is 2. The first-order valence-electron chi connectivity index (χ1n) is 8.73. The van der Waals surface area contributed by atoms with E-state index in [-0.39, 0.29) is 19.0 Å². The van der Waals surface area contributed by atoms with Gasteiger partial charge in [0.2, 0.25) is 5.91 Å². The van der Waals surface area contributed by atoms with Crippen molar-refractivity contribution in [3.63, 3.8) is 0 Å². The van der Waals surface area contributed by atoms with Gasteiger partial charge in [-0.05, 0) is 29.8 Å². The zero-order chi connectivity index (χ0) is 20.1. The Hall–Kier alpha value is -2.90. The first-order chi connectivity index (χ1) is 13.5. The predicted octanol–water partition coefficient (Wildman–Crippen LogP) is 1.63. The second-order valence-electron chi connectivity index (χ2n) is 6.25. The van der Waals surface area contributed by atoms with Gasteiger partial charge in [-0.25, -0.2) is 4.79 Å². The molecular weight excluding hydrogens is 382 g/mol. The van der Waals surface area contributed by atoms with E-state index in [0.29, 0.717) is 29.1 Å². The summed E-state index contributed by atoms with van der Waals surface area (Å²) in [6, 6.07) is 13.7. The summed E-state index contributed by atoms with van der Waals surface area (Å²) in [6.07, 6.45) is 0. The van der Waals surface area contributed by atoms with Crippen LogP contribution in [-0.2, 0) is 22.6 Å². The molecule has 3 aromatic rings. The smallest absolute Gasteiger partial charge is 0.332 e. The molecule has 0 unspecified atom stereocenters. The van der Waals surface area contributed by atoms with Crippen molar-refractivity contribution in [2.24, 2.45) is 0 Å². The number of ether oxygens (including phenoxy) is 1. The highest BCUT2D eigenvalue weighted by Gasteiger charge is 2.15. The average molecular weight is 402 g/mol. The fourth-order valence-electron chi connectivity index (χ4n) is 2.93. The predicted molar refractivity (Wildman–Crippen MR) is 108 cm³/mol. The van der Waals surface area contributed by atoms with Gasteiger partial charge in [0.15, 0.2) is 0 Å². The molecule has 0 aliphatic rings. The molecule has 0 radical (unpaired) electrons. The number of carbonyl (C=O) groups is 1. The Bertz CT molecular complexity index is 1100. The molecule has 0 fully saturated rings. The summed E-state index contributed by atoms with van der Waals surface area (Å²) in [7, 11) is 1.54. The molecule has 1 heterocycles. The SMILES string of the molecule is COCCNC(=O)Cn1c(=O)n(Cc2ccc(Cl)cc2)c(=O)c2ccccc21. The summed E-state index contributed by atoms with van der Waals surface area (Å²) in [5.41, 5.74) is 0.244. The summed E-state index contributed by atoms with van der Waals surface area (Å²) >= 11 is 5.90. The molecule has 0 bridgehead atoms. The molecule has 0 spiro atoms. The molecule has 8 heteroatoms. The van der Waals surface area contributed by atoms with Gasteiger partial charge in [-0.1, -0.05) is 35.9 Å². The van der Waals surface area contributed by atoms with Crippen molar-refractivity contribution in [3.05, 3.63) is 80.0 Å². The molecule has 146 valence electrons. The number of hydrogen-bond acceptors (Lipinski definition) is 4. The van der Waals surface area contributed by atoms with Crippen molar-refractivity contribution in [1.82, 2.24) is 14.5 Å². The molecule has 2 aromatic carbocycles. The number of rotatable bonds is 7. The summed E-state index contributed by atoms with van der Waals surface area (Å²) < 4.78 is 7.36. The van der Waals surface area contributed by atoms with Crippen LogP contribution in [0.4, 0.5) is 0 Å². The van der Waals surface area contributed by atoms with Gasteiger partial charge in [0, 0.05) is 18.7 Å². The summed E-state index contributed by atoms with van der Waals surface area (Å²) in [4.78, 5) is 38.2. The number of halogens is 1. The van der Waals surface area contributed by atoms with Crippen molar-refractivity contribution in [3.8, 4) is 0 Å². The Morgan fingerprint density at radius 3 is 2.50 bits per heavy atom. The molecule has 0 aliphatic carbocycles. The standard InChI is InChI=1S/C20H20ClN3O4/c1-28-11-10-22-18(25)13-23-17-5-3-2-4-16(17)19(26)24(20(23)27)12-14-6-8-15(21)9-7-14/h2-9H,10-13H2,1H3,(H,22,25). The topological polar surface area (TPSA) is 82.3 Å². The molecular formula is C20H20ClN3O4. The van der Waals surface area contributed by atoms with E-state index in [1.165, 1.54) is 11.7 Å². The van der Waals surface area contributed by atoms with Crippen LogP contribution in [-0.4, -0.2) is 35.3 Å². The number of nitrogens with one attached hydrogen (secondary N) is 1. The molecule has 0 saturated heterocycles.